The minimum Gasteiger partial charge on any atom is -0.465 e. The molecule has 7 nitrogen and oxygen atoms in total. The van der Waals surface area contributed by atoms with Crippen molar-refractivity contribution in [3.05, 3.63) is 35.4 Å². The molecule has 4 aliphatic carbocycles. The molecule has 0 saturated heterocycles. The molecule has 4 saturated carbocycles. The van der Waals surface area contributed by atoms with Gasteiger partial charge in [0.05, 0.1) is 12.7 Å². The van der Waals surface area contributed by atoms with E-state index >= 15 is 0 Å². The number of carbonyl (C=O) groups excluding carboxylic acids is 4. The number of methoxy groups -OCH3 is 1. The Morgan fingerprint density at radius 2 is 1.53 bits per heavy atom. The number of benzene rings is 1. The lowest BCUT2D eigenvalue weighted by molar-refractivity contribution is -0.197. The fraction of sp³-hybridized carbons (Fsp3) is 0.722. The molecule has 0 N–H and O–H groups in total. The highest BCUT2D eigenvalue weighted by atomic mass is 16.5. The van der Waals surface area contributed by atoms with Crippen molar-refractivity contribution in [2.75, 3.05) is 7.11 Å². The zero-order valence-corrected chi connectivity index (χ0v) is 26.9. The molecule has 1 aromatic carbocycles. The van der Waals surface area contributed by atoms with Gasteiger partial charge in [-0.2, -0.15) is 0 Å². The molecule has 7 heteroatoms. The fourth-order valence-electron chi connectivity index (χ4n) is 10.4. The Labute approximate surface area is 256 Å². The summed E-state index contributed by atoms with van der Waals surface area (Å²) in [5, 5.41) is 0. The SMILES string of the molecule is COC(=O)c1ccc(C(=O)CC[C@@H](C)[C@H]2CC[C@H]3[C@@H]4CC[C@@H]5C[C@H](OC(C)=O)CC[C@]5(C)[C@H]4C[C@H](OC(C)=O)[C@]23C)cc1. The van der Waals surface area contributed by atoms with Gasteiger partial charge in [0.1, 0.15) is 12.2 Å². The maximum absolute atomic E-state index is 13.1. The third kappa shape index (κ3) is 5.90. The van der Waals surface area contributed by atoms with Crippen LogP contribution in [0.5, 0.6) is 0 Å². The van der Waals surface area contributed by atoms with Gasteiger partial charge in [-0.25, -0.2) is 4.79 Å². The Balaban J connectivity index is 1.31. The van der Waals surface area contributed by atoms with Crippen LogP contribution < -0.4 is 0 Å². The molecule has 43 heavy (non-hydrogen) atoms. The topological polar surface area (TPSA) is 96.0 Å². The fourth-order valence-corrected chi connectivity index (χ4v) is 10.4. The van der Waals surface area contributed by atoms with E-state index in [2.05, 4.69) is 20.8 Å². The molecular weight excluding hydrogens is 544 g/mol. The molecule has 1 aromatic rings. The summed E-state index contributed by atoms with van der Waals surface area (Å²) >= 11 is 0. The molecule has 0 unspecified atom stereocenters. The second kappa shape index (κ2) is 12.4. The van der Waals surface area contributed by atoms with E-state index in [0.717, 1.165) is 44.9 Å². The van der Waals surface area contributed by atoms with Gasteiger partial charge in [-0.15, -0.1) is 0 Å². The van der Waals surface area contributed by atoms with Gasteiger partial charge in [0.25, 0.3) is 0 Å². The molecule has 0 amide bonds. The first-order valence-corrected chi connectivity index (χ1v) is 16.4. The molecular formula is C36H50O7. The number of esters is 3. The maximum atomic E-state index is 13.1. The van der Waals surface area contributed by atoms with Crippen LogP contribution in [-0.2, 0) is 23.8 Å². The van der Waals surface area contributed by atoms with E-state index in [1.807, 2.05) is 0 Å². The van der Waals surface area contributed by atoms with Gasteiger partial charge < -0.3 is 14.2 Å². The Kier molecular flexibility index (Phi) is 9.12. The van der Waals surface area contributed by atoms with E-state index in [-0.39, 0.29) is 40.8 Å². The van der Waals surface area contributed by atoms with Crippen molar-refractivity contribution in [3.8, 4) is 0 Å². The third-order valence-electron chi connectivity index (χ3n) is 12.5. The predicted octanol–water partition coefficient (Wildman–Crippen LogP) is 7.20. The summed E-state index contributed by atoms with van der Waals surface area (Å²) in [6, 6.07) is 6.71. The van der Waals surface area contributed by atoms with E-state index in [1.165, 1.54) is 33.8 Å². The van der Waals surface area contributed by atoms with Gasteiger partial charge in [0.15, 0.2) is 5.78 Å². The molecule has 236 valence electrons. The summed E-state index contributed by atoms with van der Waals surface area (Å²) in [4.78, 5) is 49.0. The summed E-state index contributed by atoms with van der Waals surface area (Å²) in [6.07, 6.45) is 9.52. The predicted molar refractivity (Wildman–Crippen MR) is 162 cm³/mol. The summed E-state index contributed by atoms with van der Waals surface area (Å²) in [5.41, 5.74) is 1.10. The van der Waals surface area contributed by atoms with Gasteiger partial charge >= 0.3 is 17.9 Å². The maximum Gasteiger partial charge on any atom is 0.337 e. The Bertz CT molecular complexity index is 1220. The zero-order chi connectivity index (χ0) is 31.1. The second-order valence-electron chi connectivity index (χ2n) is 14.6. The van der Waals surface area contributed by atoms with Crippen LogP contribution >= 0.6 is 0 Å². The second-order valence-corrected chi connectivity index (χ2v) is 14.6. The van der Waals surface area contributed by atoms with Crippen LogP contribution in [0.2, 0.25) is 0 Å². The molecule has 4 fully saturated rings. The normalized spacial score (nSPS) is 37.2. The number of hydrogen-bond donors (Lipinski definition) is 0. The van der Waals surface area contributed by atoms with Crippen molar-refractivity contribution in [2.45, 2.75) is 111 Å². The molecule has 0 radical (unpaired) electrons. The van der Waals surface area contributed by atoms with E-state index in [9.17, 15) is 19.2 Å². The van der Waals surface area contributed by atoms with E-state index in [4.69, 9.17) is 14.2 Å². The van der Waals surface area contributed by atoms with Crippen molar-refractivity contribution >= 4 is 23.7 Å². The third-order valence-corrected chi connectivity index (χ3v) is 12.5. The number of carbonyl (C=O) groups is 4. The van der Waals surface area contributed by atoms with E-state index in [0.29, 0.717) is 53.1 Å². The number of rotatable bonds is 8. The van der Waals surface area contributed by atoms with Crippen molar-refractivity contribution in [3.63, 3.8) is 0 Å². The Hall–Kier alpha value is -2.70. The summed E-state index contributed by atoms with van der Waals surface area (Å²) in [6.45, 7) is 10.2. The lowest BCUT2D eigenvalue weighted by atomic mass is 9.43. The van der Waals surface area contributed by atoms with Crippen LogP contribution in [-0.4, -0.2) is 43.0 Å². The monoisotopic (exact) mass is 594 g/mol. The number of Topliss-reactive ketones (excluding diaryl/α,β-unsaturated/α-hetero) is 1. The van der Waals surface area contributed by atoms with Gasteiger partial charge in [-0.05, 0) is 111 Å². The largest absolute Gasteiger partial charge is 0.465 e. The van der Waals surface area contributed by atoms with Crippen LogP contribution in [0.25, 0.3) is 0 Å². The van der Waals surface area contributed by atoms with Gasteiger partial charge in [0.2, 0.25) is 0 Å². The lowest BCUT2D eigenvalue weighted by Crippen LogP contribution is -2.59. The average molecular weight is 595 g/mol. The van der Waals surface area contributed by atoms with E-state index in [1.54, 1.807) is 24.3 Å². The highest BCUT2D eigenvalue weighted by molar-refractivity contribution is 5.97. The van der Waals surface area contributed by atoms with Gasteiger partial charge in [0, 0.05) is 31.2 Å². The highest BCUT2D eigenvalue weighted by Gasteiger charge is 2.65. The zero-order valence-electron chi connectivity index (χ0n) is 26.9. The Morgan fingerprint density at radius 3 is 2.19 bits per heavy atom. The molecule has 0 bridgehead atoms. The standard InChI is InChI=1S/C36H50O7/c1-21(7-16-32(39)24-8-10-25(11-9-24)34(40)41-6)29-14-15-30-28-13-12-26-19-27(42-22(2)37)17-18-35(26,4)31(28)20-33(36(29,30)5)43-23(3)38/h8-11,21,26-31,33H,7,12-20H2,1-6H3/t21-,26-,27-,28+,29-,30+,31+,33+,35+,36-/m1/s1. The number of ether oxygens (including phenoxy) is 3. The summed E-state index contributed by atoms with van der Waals surface area (Å²) in [5.74, 6) is 2.09. The van der Waals surface area contributed by atoms with Gasteiger partial charge in [-0.1, -0.05) is 32.9 Å². The first kappa shape index (κ1) is 31.7. The molecule has 4 aliphatic rings. The van der Waals surface area contributed by atoms with Crippen LogP contribution in [0.15, 0.2) is 24.3 Å². The number of ketones is 1. The quantitative estimate of drug-likeness (QED) is 0.178. The minimum absolute atomic E-state index is 0.0236. The van der Waals surface area contributed by atoms with Crippen LogP contribution in [0.1, 0.15) is 120 Å². The van der Waals surface area contributed by atoms with Gasteiger partial charge in [-0.3, -0.25) is 14.4 Å². The van der Waals surface area contributed by atoms with Crippen LogP contribution in [0, 0.1) is 46.3 Å². The van der Waals surface area contributed by atoms with Crippen molar-refractivity contribution in [2.24, 2.45) is 46.3 Å². The van der Waals surface area contributed by atoms with Crippen molar-refractivity contribution in [1.29, 1.82) is 0 Å². The molecule has 5 rings (SSSR count). The van der Waals surface area contributed by atoms with Crippen molar-refractivity contribution in [1.82, 2.24) is 0 Å². The molecule has 0 aliphatic heterocycles. The Morgan fingerprint density at radius 1 is 0.860 bits per heavy atom. The summed E-state index contributed by atoms with van der Waals surface area (Å²) in [7, 11) is 1.35. The van der Waals surface area contributed by atoms with E-state index < -0.39 is 5.97 Å². The van der Waals surface area contributed by atoms with Crippen LogP contribution in [0.3, 0.4) is 0 Å². The first-order valence-electron chi connectivity index (χ1n) is 16.4. The summed E-state index contributed by atoms with van der Waals surface area (Å²) < 4.78 is 16.7. The number of hydrogen-bond acceptors (Lipinski definition) is 7. The number of fused-ring (bicyclic) bond motifs is 5. The smallest absolute Gasteiger partial charge is 0.337 e. The average Bonchev–Trinajstić information content (AvgIpc) is 3.34. The first-order chi connectivity index (χ1) is 20.4. The molecule has 0 heterocycles. The lowest BCUT2D eigenvalue weighted by Gasteiger charge is -2.62. The highest BCUT2D eigenvalue weighted by Crippen LogP contribution is 2.69. The molecule has 0 spiro atoms. The van der Waals surface area contributed by atoms with Crippen molar-refractivity contribution < 1.29 is 33.4 Å². The molecule has 10 atom stereocenters. The van der Waals surface area contributed by atoms with Crippen LogP contribution in [0.4, 0.5) is 0 Å². The molecule has 0 aromatic heterocycles. The minimum atomic E-state index is -0.411.